The highest BCUT2D eigenvalue weighted by Gasteiger charge is 2.25. The summed E-state index contributed by atoms with van der Waals surface area (Å²) in [5, 5.41) is 4.39. The molecule has 2 unspecified atom stereocenters. The fourth-order valence-electron chi connectivity index (χ4n) is 2.91. The van der Waals surface area contributed by atoms with Crippen LogP contribution in [-0.2, 0) is 6.54 Å². The van der Waals surface area contributed by atoms with Crippen LogP contribution in [0.4, 0.5) is 8.78 Å². The molecule has 3 rings (SSSR count). The van der Waals surface area contributed by atoms with Gasteiger partial charge in [-0.25, -0.2) is 13.5 Å². The van der Waals surface area contributed by atoms with Gasteiger partial charge in [-0.2, -0.15) is 5.10 Å². The lowest BCUT2D eigenvalue weighted by molar-refractivity contribution is 0.304. The van der Waals surface area contributed by atoms with Gasteiger partial charge in [0.1, 0.15) is 11.5 Å². The van der Waals surface area contributed by atoms with Gasteiger partial charge in [-0.1, -0.05) is 0 Å². The Hall–Kier alpha value is -1.50. The number of aromatic nitrogens is 2. The Morgan fingerprint density at radius 3 is 2.78 bits per heavy atom. The maximum absolute atomic E-state index is 13.8. The van der Waals surface area contributed by atoms with E-state index in [-0.39, 0.29) is 24.1 Å². The van der Waals surface area contributed by atoms with Gasteiger partial charge in [-0.05, 0) is 44.0 Å². The highest BCUT2D eigenvalue weighted by molar-refractivity contribution is 5.85. The minimum Gasteiger partial charge on any atom is -0.328 e. The van der Waals surface area contributed by atoms with E-state index in [4.69, 9.17) is 5.73 Å². The van der Waals surface area contributed by atoms with Gasteiger partial charge in [0.2, 0.25) is 0 Å². The van der Waals surface area contributed by atoms with E-state index < -0.39 is 11.6 Å². The van der Waals surface area contributed by atoms with E-state index in [0.717, 1.165) is 37.8 Å². The van der Waals surface area contributed by atoms with Crippen LogP contribution < -0.4 is 5.73 Å². The molecule has 1 aliphatic rings. The second kappa shape index (κ2) is 7.38. The van der Waals surface area contributed by atoms with Crippen LogP contribution in [0.3, 0.4) is 0 Å². The number of benzene rings is 1. The zero-order valence-corrected chi connectivity index (χ0v) is 13.8. The predicted molar refractivity (Wildman–Crippen MR) is 87.8 cm³/mol. The van der Waals surface area contributed by atoms with E-state index in [1.54, 1.807) is 6.20 Å². The molecule has 1 aliphatic heterocycles. The summed E-state index contributed by atoms with van der Waals surface area (Å²) in [6.07, 6.45) is 2.80. The van der Waals surface area contributed by atoms with E-state index in [2.05, 4.69) is 10.00 Å². The molecule has 23 heavy (non-hydrogen) atoms. The van der Waals surface area contributed by atoms with Crippen LogP contribution in [0.5, 0.6) is 0 Å². The molecular formula is C16H21ClF2N4. The van der Waals surface area contributed by atoms with E-state index >= 15 is 0 Å². The van der Waals surface area contributed by atoms with Crippen molar-refractivity contribution in [3.05, 3.63) is 47.8 Å². The average molecular weight is 343 g/mol. The van der Waals surface area contributed by atoms with Gasteiger partial charge in [0.15, 0.2) is 5.82 Å². The predicted octanol–water partition coefficient (Wildman–Crippen LogP) is 2.74. The van der Waals surface area contributed by atoms with Gasteiger partial charge in [-0.3, -0.25) is 4.90 Å². The SMILES string of the molecule is CC(N)C1CCN(Cc2ccn(-c3ccc(F)cc3F)n2)C1.Cl. The molecule has 2 N–H and O–H groups in total. The van der Waals surface area contributed by atoms with Gasteiger partial charge < -0.3 is 5.73 Å². The number of halogens is 3. The van der Waals surface area contributed by atoms with E-state index in [1.165, 1.54) is 16.8 Å². The Bertz CT molecular complexity index is 659. The van der Waals surface area contributed by atoms with Crippen LogP contribution in [0.2, 0.25) is 0 Å². The van der Waals surface area contributed by atoms with Crippen LogP contribution in [0, 0.1) is 17.6 Å². The number of nitrogens with two attached hydrogens (primary N) is 1. The zero-order valence-electron chi connectivity index (χ0n) is 13.0. The molecule has 1 aromatic heterocycles. The Morgan fingerprint density at radius 2 is 2.13 bits per heavy atom. The van der Waals surface area contributed by atoms with Crippen molar-refractivity contribution >= 4 is 12.4 Å². The number of likely N-dealkylation sites (tertiary alicyclic amines) is 1. The molecule has 0 spiro atoms. The lowest BCUT2D eigenvalue weighted by atomic mass is 10.0. The summed E-state index contributed by atoms with van der Waals surface area (Å²) in [5.74, 6) is -0.683. The average Bonchev–Trinajstić information content (AvgIpc) is 3.09. The van der Waals surface area contributed by atoms with E-state index in [9.17, 15) is 8.78 Å². The molecule has 1 aromatic carbocycles. The molecule has 2 heterocycles. The van der Waals surface area contributed by atoms with Crippen molar-refractivity contribution in [2.24, 2.45) is 11.7 Å². The van der Waals surface area contributed by atoms with Crippen molar-refractivity contribution in [3.8, 4) is 5.69 Å². The molecule has 7 heteroatoms. The van der Waals surface area contributed by atoms with Crippen molar-refractivity contribution in [2.75, 3.05) is 13.1 Å². The Kier molecular flexibility index (Phi) is 5.73. The van der Waals surface area contributed by atoms with Gasteiger partial charge >= 0.3 is 0 Å². The fourth-order valence-corrected chi connectivity index (χ4v) is 2.91. The van der Waals surface area contributed by atoms with Crippen LogP contribution in [0.25, 0.3) is 5.69 Å². The first kappa shape index (κ1) is 17.8. The van der Waals surface area contributed by atoms with Gasteiger partial charge in [0.05, 0.1) is 5.69 Å². The molecular weight excluding hydrogens is 322 g/mol. The molecule has 4 nitrogen and oxygen atoms in total. The first-order valence-corrected chi connectivity index (χ1v) is 7.51. The summed E-state index contributed by atoms with van der Waals surface area (Å²) < 4.78 is 28.2. The van der Waals surface area contributed by atoms with Gasteiger partial charge in [0, 0.05) is 31.4 Å². The van der Waals surface area contributed by atoms with Crippen LogP contribution >= 0.6 is 12.4 Å². The highest BCUT2D eigenvalue weighted by atomic mass is 35.5. The summed E-state index contributed by atoms with van der Waals surface area (Å²) >= 11 is 0. The first-order valence-electron chi connectivity index (χ1n) is 7.51. The number of hydrogen-bond donors (Lipinski definition) is 1. The van der Waals surface area contributed by atoms with Crippen molar-refractivity contribution in [3.63, 3.8) is 0 Å². The second-order valence-electron chi connectivity index (χ2n) is 5.99. The van der Waals surface area contributed by atoms with Gasteiger partial charge in [-0.15, -0.1) is 12.4 Å². The minimum absolute atomic E-state index is 0. The Balaban J connectivity index is 0.00000192. The quantitative estimate of drug-likeness (QED) is 0.929. The second-order valence-corrected chi connectivity index (χ2v) is 5.99. The van der Waals surface area contributed by atoms with Crippen LogP contribution in [0.1, 0.15) is 19.0 Å². The van der Waals surface area contributed by atoms with Gasteiger partial charge in [0.25, 0.3) is 0 Å². The normalized spacial score (nSPS) is 19.6. The lowest BCUT2D eigenvalue weighted by Crippen LogP contribution is -2.29. The molecule has 0 aliphatic carbocycles. The molecule has 0 bridgehead atoms. The Morgan fingerprint density at radius 1 is 1.35 bits per heavy atom. The maximum Gasteiger partial charge on any atom is 0.151 e. The smallest absolute Gasteiger partial charge is 0.151 e. The van der Waals surface area contributed by atoms with Crippen molar-refractivity contribution in [1.82, 2.24) is 14.7 Å². The lowest BCUT2D eigenvalue weighted by Gasteiger charge is -2.16. The largest absolute Gasteiger partial charge is 0.328 e. The first-order chi connectivity index (χ1) is 10.5. The molecule has 1 fully saturated rings. The van der Waals surface area contributed by atoms with Crippen LogP contribution in [0.15, 0.2) is 30.5 Å². The van der Waals surface area contributed by atoms with E-state index in [1.807, 2.05) is 13.0 Å². The summed E-state index contributed by atoms with van der Waals surface area (Å²) in [6, 6.07) is 5.55. The minimum atomic E-state index is -0.618. The standard InChI is InChI=1S/C16H20F2N4.ClH/c1-11(19)12-4-6-21(9-12)10-14-5-7-22(20-14)16-3-2-13(17)8-15(16)18;/h2-3,5,7-8,11-12H,4,6,9-10,19H2,1H3;1H. The van der Waals surface area contributed by atoms with Crippen molar-refractivity contribution in [2.45, 2.75) is 25.9 Å². The highest BCUT2D eigenvalue weighted by Crippen LogP contribution is 2.21. The number of hydrogen-bond acceptors (Lipinski definition) is 3. The molecule has 1 saturated heterocycles. The topological polar surface area (TPSA) is 47.1 Å². The molecule has 2 atom stereocenters. The van der Waals surface area contributed by atoms with Crippen molar-refractivity contribution < 1.29 is 8.78 Å². The summed E-state index contributed by atoms with van der Waals surface area (Å²) in [4.78, 5) is 2.31. The third-order valence-corrected chi connectivity index (χ3v) is 4.24. The third kappa shape index (κ3) is 4.07. The molecule has 0 radical (unpaired) electrons. The molecule has 2 aromatic rings. The number of rotatable bonds is 4. The van der Waals surface area contributed by atoms with Crippen molar-refractivity contribution in [1.29, 1.82) is 0 Å². The maximum atomic E-state index is 13.8. The summed E-state index contributed by atoms with van der Waals surface area (Å²) in [6.45, 7) is 4.73. The molecule has 126 valence electrons. The van der Waals surface area contributed by atoms with Crippen LogP contribution in [-0.4, -0.2) is 33.8 Å². The monoisotopic (exact) mass is 342 g/mol. The molecule has 0 amide bonds. The fraction of sp³-hybridized carbons (Fsp3) is 0.438. The number of nitrogens with zero attached hydrogens (tertiary/aromatic N) is 3. The third-order valence-electron chi connectivity index (χ3n) is 4.24. The summed E-state index contributed by atoms with van der Waals surface area (Å²) in [7, 11) is 0. The Labute approximate surface area is 140 Å². The summed E-state index contributed by atoms with van der Waals surface area (Å²) in [5.41, 5.74) is 7.07. The molecule has 0 saturated carbocycles. The van der Waals surface area contributed by atoms with E-state index in [0.29, 0.717) is 5.92 Å². The zero-order chi connectivity index (χ0) is 15.7.